The van der Waals surface area contributed by atoms with Crippen LogP contribution < -0.4 is 0 Å². The molecule has 0 aromatic rings. The first-order valence-corrected chi connectivity index (χ1v) is 5.10. The molecule has 80 valence electrons. The number of hydrogen-bond donors (Lipinski definition) is 0. The fourth-order valence-corrected chi connectivity index (χ4v) is 2.26. The summed E-state index contributed by atoms with van der Waals surface area (Å²) >= 11 is 0. The van der Waals surface area contributed by atoms with E-state index in [4.69, 9.17) is 9.47 Å². The van der Waals surface area contributed by atoms with Crippen LogP contribution in [0.25, 0.3) is 0 Å². The Balaban J connectivity index is 2.06. The molecule has 14 heavy (non-hydrogen) atoms. The third kappa shape index (κ3) is 1.53. The highest BCUT2D eigenvalue weighted by Crippen LogP contribution is 2.41. The van der Waals surface area contributed by atoms with Crippen molar-refractivity contribution >= 4 is 5.97 Å². The molecule has 1 heterocycles. The summed E-state index contributed by atoms with van der Waals surface area (Å²) in [7, 11) is 1.37. The van der Waals surface area contributed by atoms with E-state index in [1.165, 1.54) is 7.11 Å². The first-order chi connectivity index (χ1) is 6.67. The molecule has 0 radical (unpaired) electrons. The molecule has 1 aliphatic carbocycles. The average Bonchev–Trinajstić information content (AvgIpc) is 2.74. The largest absolute Gasteiger partial charge is 0.467 e. The molecule has 1 spiro atoms. The van der Waals surface area contributed by atoms with Crippen molar-refractivity contribution in [3.63, 3.8) is 0 Å². The number of ether oxygens (including phenoxy) is 3. The number of rotatable bonds is 1. The Kier molecular flexibility index (Phi) is 2.49. The lowest BCUT2D eigenvalue weighted by molar-refractivity contribution is -0.180. The van der Waals surface area contributed by atoms with Gasteiger partial charge in [0.15, 0.2) is 11.9 Å². The second-order valence-electron chi connectivity index (χ2n) is 4.00. The summed E-state index contributed by atoms with van der Waals surface area (Å²) in [5, 5.41) is 0. The third-order valence-electron chi connectivity index (χ3n) is 2.97. The summed E-state index contributed by atoms with van der Waals surface area (Å²) in [5.74, 6) is -0.820. The lowest BCUT2D eigenvalue weighted by atomic mass is 10.2. The molecule has 0 bridgehead atoms. The number of methoxy groups -OCH3 is 1. The molecule has 1 saturated heterocycles. The minimum absolute atomic E-state index is 0.194. The molecule has 2 fully saturated rings. The quantitative estimate of drug-likeness (QED) is 0.597. The Morgan fingerprint density at radius 3 is 2.57 bits per heavy atom. The van der Waals surface area contributed by atoms with Crippen molar-refractivity contribution in [1.29, 1.82) is 0 Å². The Bertz CT molecular complexity index is 232. The van der Waals surface area contributed by atoms with Crippen LogP contribution in [0.4, 0.5) is 0 Å². The summed E-state index contributed by atoms with van der Waals surface area (Å²) in [6.45, 7) is 1.86. The molecule has 0 unspecified atom stereocenters. The highest BCUT2D eigenvalue weighted by atomic mass is 16.8. The molecule has 1 saturated carbocycles. The van der Waals surface area contributed by atoms with Gasteiger partial charge in [-0.15, -0.1) is 0 Å². The van der Waals surface area contributed by atoms with Crippen LogP contribution in [0, 0.1) is 0 Å². The SMILES string of the molecule is COC(=O)[C@@H]1OC2(CCCC2)O[C@@H]1C. The van der Waals surface area contributed by atoms with Gasteiger partial charge in [0.05, 0.1) is 13.2 Å². The van der Waals surface area contributed by atoms with Crippen LogP contribution in [0.15, 0.2) is 0 Å². The number of carbonyl (C=O) groups excluding carboxylic acids is 1. The van der Waals surface area contributed by atoms with Crippen molar-refractivity contribution in [1.82, 2.24) is 0 Å². The maximum absolute atomic E-state index is 11.3. The van der Waals surface area contributed by atoms with Crippen LogP contribution in [0.3, 0.4) is 0 Å². The minimum Gasteiger partial charge on any atom is -0.467 e. The zero-order valence-electron chi connectivity index (χ0n) is 8.62. The smallest absolute Gasteiger partial charge is 0.337 e. The first-order valence-electron chi connectivity index (χ1n) is 5.10. The minimum atomic E-state index is -0.543. The van der Waals surface area contributed by atoms with Crippen molar-refractivity contribution in [2.45, 2.75) is 50.6 Å². The lowest BCUT2D eigenvalue weighted by Crippen LogP contribution is -2.31. The van der Waals surface area contributed by atoms with Crippen LogP contribution in [0.1, 0.15) is 32.6 Å². The van der Waals surface area contributed by atoms with Gasteiger partial charge in [0.2, 0.25) is 0 Å². The van der Waals surface area contributed by atoms with Gasteiger partial charge in [-0.25, -0.2) is 4.79 Å². The summed E-state index contributed by atoms with van der Waals surface area (Å²) < 4.78 is 16.1. The summed E-state index contributed by atoms with van der Waals surface area (Å²) in [4.78, 5) is 11.3. The summed E-state index contributed by atoms with van der Waals surface area (Å²) in [6.07, 6.45) is 3.27. The van der Waals surface area contributed by atoms with E-state index in [-0.39, 0.29) is 12.1 Å². The van der Waals surface area contributed by atoms with Gasteiger partial charge in [-0.1, -0.05) is 0 Å². The van der Waals surface area contributed by atoms with E-state index in [0.717, 1.165) is 25.7 Å². The van der Waals surface area contributed by atoms with E-state index in [1.807, 2.05) is 6.92 Å². The molecular formula is C10H16O4. The standard InChI is InChI=1S/C10H16O4/c1-7-8(9(11)12-2)14-10(13-7)5-3-4-6-10/h7-8H,3-6H2,1-2H3/t7-,8-/m1/s1. The van der Waals surface area contributed by atoms with E-state index < -0.39 is 11.9 Å². The number of carbonyl (C=O) groups is 1. The third-order valence-corrected chi connectivity index (χ3v) is 2.97. The highest BCUT2D eigenvalue weighted by molar-refractivity contribution is 5.75. The van der Waals surface area contributed by atoms with Gasteiger partial charge in [0.1, 0.15) is 0 Å². The Morgan fingerprint density at radius 1 is 1.36 bits per heavy atom. The maximum Gasteiger partial charge on any atom is 0.337 e. The van der Waals surface area contributed by atoms with E-state index in [1.54, 1.807) is 0 Å². The van der Waals surface area contributed by atoms with E-state index in [2.05, 4.69) is 4.74 Å². The van der Waals surface area contributed by atoms with Gasteiger partial charge < -0.3 is 14.2 Å². The number of esters is 1. The summed E-state index contributed by atoms with van der Waals surface area (Å²) in [5.41, 5.74) is 0. The van der Waals surface area contributed by atoms with Crippen molar-refractivity contribution < 1.29 is 19.0 Å². The van der Waals surface area contributed by atoms with Crippen LogP contribution in [0.2, 0.25) is 0 Å². The Morgan fingerprint density at radius 2 is 2.00 bits per heavy atom. The van der Waals surface area contributed by atoms with Crippen LogP contribution in [-0.2, 0) is 19.0 Å². The van der Waals surface area contributed by atoms with Crippen molar-refractivity contribution in [2.24, 2.45) is 0 Å². The van der Waals surface area contributed by atoms with Crippen LogP contribution >= 0.6 is 0 Å². The molecular weight excluding hydrogens is 184 g/mol. The van der Waals surface area contributed by atoms with Gasteiger partial charge in [0.25, 0.3) is 0 Å². The molecule has 0 aromatic carbocycles. The predicted octanol–water partition coefficient (Wildman–Crippen LogP) is 1.23. The predicted molar refractivity (Wildman–Crippen MR) is 48.6 cm³/mol. The Hall–Kier alpha value is -0.610. The molecule has 2 atom stereocenters. The van der Waals surface area contributed by atoms with Crippen molar-refractivity contribution in [2.75, 3.05) is 7.11 Å². The van der Waals surface area contributed by atoms with Gasteiger partial charge in [-0.05, 0) is 19.8 Å². The molecule has 0 aromatic heterocycles. The molecule has 1 aliphatic heterocycles. The zero-order valence-corrected chi connectivity index (χ0v) is 8.62. The number of hydrogen-bond acceptors (Lipinski definition) is 4. The Labute approximate surface area is 83.5 Å². The highest BCUT2D eigenvalue weighted by Gasteiger charge is 2.50. The van der Waals surface area contributed by atoms with Crippen LogP contribution in [-0.4, -0.2) is 31.1 Å². The van der Waals surface area contributed by atoms with Gasteiger partial charge >= 0.3 is 5.97 Å². The lowest BCUT2D eigenvalue weighted by Gasteiger charge is -2.21. The molecule has 2 rings (SSSR count). The van der Waals surface area contributed by atoms with Crippen molar-refractivity contribution in [3.05, 3.63) is 0 Å². The average molecular weight is 200 g/mol. The van der Waals surface area contributed by atoms with Crippen molar-refractivity contribution in [3.8, 4) is 0 Å². The van der Waals surface area contributed by atoms with E-state index in [0.29, 0.717) is 0 Å². The van der Waals surface area contributed by atoms with Gasteiger partial charge in [0, 0.05) is 12.8 Å². The summed E-state index contributed by atoms with van der Waals surface area (Å²) in [6, 6.07) is 0. The second kappa shape index (κ2) is 3.51. The second-order valence-corrected chi connectivity index (χ2v) is 4.00. The zero-order chi connectivity index (χ0) is 10.2. The normalized spacial score (nSPS) is 35.0. The monoisotopic (exact) mass is 200 g/mol. The van der Waals surface area contributed by atoms with E-state index in [9.17, 15) is 4.79 Å². The fourth-order valence-electron chi connectivity index (χ4n) is 2.26. The molecule has 4 heteroatoms. The molecule has 0 amide bonds. The maximum atomic E-state index is 11.3. The molecule has 0 N–H and O–H groups in total. The van der Waals surface area contributed by atoms with E-state index >= 15 is 0 Å². The molecule has 4 nitrogen and oxygen atoms in total. The van der Waals surface area contributed by atoms with Gasteiger partial charge in [-0.2, -0.15) is 0 Å². The topological polar surface area (TPSA) is 44.8 Å². The first kappa shape index (κ1) is 9.93. The fraction of sp³-hybridized carbons (Fsp3) is 0.900. The van der Waals surface area contributed by atoms with Crippen LogP contribution in [0.5, 0.6) is 0 Å². The molecule has 2 aliphatic rings. The van der Waals surface area contributed by atoms with Gasteiger partial charge in [-0.3, -0.25) is 0 Å².